The quantitative estimate of drug-likeness (QED) is 0.351. The van der Waals surface area contributed by atoms with Crippen molar-refractivity contribution in [3.05, 3.63) is 0 Å². The lowest BCUT2D eigenvalue weighted by atomic mass is 10.8. The average molecular weight is 175 g/mol. The fourth-order valence-corrected chi connectivity index (χ4v) is 1.68. The van der Waals surface area contributed by atoms with Crippen LogP contribution in [0.25, 0.3) is 0 Å². The van der Waals surface area contributed by atoms with Crippen molar-refractivity contribution in [3.8, 4) is 0 Å². The van der Waals surface area contributed by atoms with E-state index in [1.165, 1.54) is 6.08 Å². The maximum absolute atomic E-state index is 9.71. The maximum atomic E-state index is 9.71. The SMILES string of the molecule is CO[Si](C)(CCN=C=O)OC. The van der Waals surface area contributed by atoms with E-state index >= 15 is 0 Å². The Labute approximate surface area is 67.5 Å². The zero-order chi connectivity index (χ0) is 8.74. The molecule has 64 valence electrons. The van der Waals surface area contributed by atoms with E-state index in [0.29, 0.717) is 12.6 Å². The van der Waals surface area contributed by atoms with Crippen LogP contribution >= 0.6 is 0 Å². The summed E-state index contributed by atoms with van der Waals surface area (Å²) >= 11 is 0. The van der Waals surface area contributed by atoms with Crippen LogP contribution in [0.2, 0.25) is 12.6 Å². The van der Waals surface area contributed by atoms with Crippen LogP contribution in [0.1, 0.15) is 0 Å². The summed E-state index contributed by atoms with van der Waals surface area (Å²) in [5, 5.41) is 0. The van der Waals surface area contributed by atoms with Gasteiger partial charge >= 0.3 is 8.56 Å². The first-order chi connectivity index (χ1) is 5.18. The molecule has 0 aliphatic carbocycles. The van der Waals surface area contributed by atoms with Crippen molar-refractivity contribution < 1.29 is 13.6 Å². The Kier molecular flexibility index (Phi) is 4.98. The third-order valence-electron chi connectivity index (χ3n) is 1.61. The number of hydrogen-bond acceptors (Lipinski definition) is 4. The van der Waals surface area contributed by atoms with Gasteiger partial charge in [-0.25, -0.2) is 9.79 Å². The fourth-order valence-electron chi connectivity index (χ4n) is 0.592. The summed E-state index contributed by atoms with van der Waals surface area (Å²) in [5.41, 5.74) is 0. The summed E-state index contributed by atoms with van der Waals surface area (Å²) in [4.78, 5) is 13.1. The minimum Gasteiger partial charge on any atom is -0.398 e. The summed E-state index contributed by atoms with van der Waals surface area (Å²) in [6.45, 7) is 2.36. The maximum Gasteiger partial charge on any atom is 0.336 e. The highest BCUT2D eigenvalue weighted by Crippen LogP contribution is 2.10. The molecular formula is C6H13NO3Si. The molecule has 0 amide bonds. The Bertz CT molecular complexity index is 152. The number of aliphatic imine (C=N–C) groups is 1. The first-order valence-electron chi connectivity index (χ1n) is 3.32. The summed E-state index contributed by atoms with van der Waals surface area (Å²) in [6, 6.07) is 0.690. The van der Waals surface area contributed by atoms with Crippen LogP contribution < -0.4 is 0 Å². The first-order valence-corrected chi connectivity index (χ1v) is 5.85. The van der Waals surface area contributed by atoms with E-state index in [9.17, 15) is 4.79 Å². The minimum absolute atomic E-state index is 0.438. The monoisotopic (exact) mass is 175 g/mol. The van der Waals surface area contributed by atoms with Crippen molar-refractivity contribution in [3.63, 3.8) is 0 Å². The molecule has 0 aliphatic heterocycles. The van der Waals surface area contributed by atoms with Gasteiger partial charge in [0, 0.05) is 20.3 Å². The summed E-state index contributed by atoms with van der Waals surface area (Å²) in [5.74, 6) is 0. The molecular weight excluding hydrogens is 162 g/mol. The van der Waals surface area contributed by atoms with Crippen LogP contribution in [0.3, 0.4) is 0 Å². The van der Waals surface area contributed by atoms with Crippen molar-refractivity contribution >= 4 is 14.6 Å². The molecule has 0 aliphatic rings. The largest absolute Gasteiger partial charge is 0.398 e. The number of nitrogens with zero attached hydrogens (tertiary/aromatic N) is 1. The van der Waals surface area contributed by atoms with Gasteiger partial charge in [0.25, 0.3) is 0 Å². The standard InChI is InChI=1S/C6H13NO3Si/c1-9-11(3,10-2)5-4-7-6-8/h4-5H2,1-3H3. The molecule has 0 aromatic rings. The molecule has 0 saturated carbocycles. The molecule has 0 aromatic heterocycles. The molecule has 0 saturated heterocycles. The predicted octanol–water partition coefficient (Wildman–Crippen LogP) is 0.687. The lowest BCUT2D eigenvalue weighted by molar-refractivity contribution is 0.250. The van der Waals surface area contributed by atoms with E-state index in [2.05, 4.69) is 4.99 Å². The van der Waals surface area contributed by atoms with Crippen molar-refractivity contribution in [2.45, 2.75) is 12.6 Å². The van der Waals surface area contributed by atoms with Gasteiger partial charge in [-0.1, -0.05) is 0 Å². The van der Waals surface area contributed by atoms with Gasteiger partial charge < -0.3 is 8.85 Å². The highest BCUT2D eigenvalue weighted by molar-refractivity contribution is 6.66. The molecule has 11 heavy (non-hydrogen) atoms. The van der Waals surface area contributed by atoms with Crippen LogP contribution in [0.5, 0.6) is 0 Å². The third kappa shape index (κ3) is 4.05. The van der Waals surface area contributed by atoms with Crippen LogP contribution in [-0.4, -0.2) is 35.4 Å². The fraction of sp³-hybridized carbons (Fsp3) is 0.833. The first kappa shape index (κ1) is 10.5. The zero-order valence-corrected chi connectivity index (χ0v) is 8.09. The Hall–Kier alpha value is -0.483. The molecule has 0 atom stereocenters. The van der Waals surface area contributed by atoms with Crippen LogP contribution in [-0.2, 0) is 13.6 Å². The van der Waals surface area contributed by atoms with Crippen LogP contribution in [0.4, 0.5) is 0 Å². The van der Waals surface area contributed by atoms with E-state index in [4.69, 9.17) is 8.85 Å². The smallest absolute Gasteiger partial charge is 0.336 e. The molecule has 0 bridgehead atoms. The third-order valence-corrected chi connectivity index (χ3v) is 4.46. The number of rotatable bonds is 5. The number of isocyanates is 1. The van der Waals surface area contributed by atoms with Gasteiger partial charge in [0.2, 0.25) is 6.08 Å². The number of carbonyl (C=O) groups excluding carboxylic acids is 1. The van der Waals surface area contributed by atoms with Gasteiger partial charge in [-0.15, -0.1) is 0 Å². The van der Waals surface area contributed by atoms with Crippen molar-refractivity contribution in [2.24, 2.45) is 4.99 Å². The minimum atomic E-state index is -2.01. The van der Waals surface area contributed by atoms with Gasteiger partial charge in [-0.3, -0.25) is 0 Å². The van der Waals surface area contributed by atoms with Gasteiger partial charge in [-0.2, -0.15) is 0 Å². The molecule has 0 unspecified atom stereocenters. The topological polar surface area (TPSA) is 47.9 Å². The second kappa shape index (κ2) is 5.20. The van der Waals surface area contributed by atoms with E-state index in [1.807, 2.05) is 6.55 Å². The Morgan fingerprint density at radius 2 is 2.00 bits per heavy atom. The molecule has 0 N–H and O–H groups in total. The lowest BCUT2D eigenvalue weighted by Gasteiger charge is -2.20. The van der Waals surface area contributed by atoms with Crippen LogP contribution in [0, 0.1) is 0 Å². The second-order valence-corrected chi connectivity index (χ2v) is 5.85. The molecule has 0 aromatic carbocycles. The van der Waals surface area contributed by atoms with Crippen molar-refractivity contribution in [1.29, 1.82) is 0 Å². The highest BCUT2D eigenvalue weighted by atomic mass is 28.4. The average Bonchev–Trinajstić information content (AvgIpc) is 2.05. The van der Waals surface area contributed by atoms with Gasteiger partial charge in [-0.05, 0) is 6.55 Å². The van der Waals surface area contributed by atoms with E-state index in [-0.39, 0.29) is 0 Å². The molecule has 4 nitrogen and oxygen atoms in total. The van der Waals surface area contributed by atoms with E-state index in [1.54, 1.807) is 14.2 Å². The molecule has 0 fully saturated rings. The van der Waals surface area contributed by atoms with E-state index < -0.39 is 8.56 Å². The molecule has 0 heterocycles. The van der Waals surface area contributed by atoms with Crippen molar-refractivity contribution in [1.82, 2.24) is 0 Å². The van der Waals surface area contributed by atoms with Crippen LogP contribution in [0.15, 0.2) is 4.99 Å². The molecule has 0 radical (unpaired) electrons. The summed E-state index contributed by atoms with van der Waals surface area (Å²) in [7, 11) is 1.22. The highest BCUT2D eigenvalue weighted by Gasteiger charge is 2.27. The predicted molar refractivity (Wildman–Crippen MR) is 43.4 cm³/mol. The number of hydrogen-bond donors (Lipinski definition) is 0. The Balaban J connectivity index is 3.77. The molecule has 5 heteroatoms. The van der Waals surface area contributed by atoms with Gasteiger partial charge in [0.1, 0.15) is 0 Å². The normalized spacial score (nSPS) is 10.8. The zero-order valence-electron chi connectivity index (χ0n) is 7.09. The van der Waals surface area contributed by atoms with Gasteiger partial charge in [0.05, 0.1) is 6.54 Å². The molecule has 0 spiro atoms. The summed E-state index contributed by atoms with van der Waals surface area (Å²) < 4.78 is 10.3. The lowest BCUT2D eigenvalue weighted by Crippen LogP contribution is -2.36. The molecule has 0 rings (SSSR count). The Morgan fingerprint density at radius 3 is 2.36 bits per heavy atom. The Morgan fingerprint density at radius 1 is 1.45 bits per heavy atom. The van der Waals surface area contributed by atoms with Crippen molar-refractivity contribution in [2.75, 3.05) is 20.8 Å². The van der Waals surface area contributed by atoms with E-state index in [0.717, 1.165) is 0 Å². The summed E-state index contributed by atoms with van der Waals surface area (Å²) in [6.07, 6.45) is 1.47. The van der Waals surface area contributed by atoms with Gasteiger partial charge in [0.15, 0.2) is 0 Å². The second-order valence-electron chi connectivity index (χ2n) is 2.27.